The summed E-state index contributed by atoms with van der Waals surface area (Å²) in [6, 6.07) is 17.6. The van der Waals surface area contributed by atoms with Crippen molar-refractivity contribution in [3.05, 3.63) is 75.8 Å². The largest absolute Gasteiger partial charge is 0.303 e. The molecule has 0 bridgehead atoms. The van der Waals surface area contributed by atoms with Gasteiger partial charge in [-0.25, -0.2) is 0 Å². The first-order valence-corrected chi connectivity index (χ1v) is 8.31. The van der Waals surface area contributed by atoms with Crippen LogP contribution in [-0.4, -0.2) is 5.91 Å². The van der Waals surface area contributed by atoms with Gasteiger partial charge in [-0.3, -0.25) is 10.2 Å². The van der Waals surface area contributed by atoms with Crippen LogP contribution in [-0.2, 0) is 0 Å². The lowest BCUT2D eigenvalue weighted by atomic mass is 10.2. The van der Waals surface area contributed by atoms with Gasteiger partial charge in [0.25, 0.3) is 5.91 Å². The normalized spacial score (nSPS) is 11.5. The van der Waals surface area contributed by atoms with Crippen molar-refractivity contribution in [2.45, 2.75) is 6.92 Å². The average molecular weight is 343 g/mol. The summed E-state index contributed by atoms with van der Waals surface area (Å²) in [6.45, 7) is 1.89. The van der Waals surface area contributed by atoms with Crippen molar-refractivity contribution in [2.24, 2.45) is 0 Å². The molecule has 0 aliphatic carbocycles. The van der Waals surface area contributed by atoms with Gasteiger partial charge in [0.05, 0.1) is 5.02 Å². The maximum atomic E-state index is 12.3. The minimum absolute atomic E-state index is 0.239. The highest BCUT2D eigenvalue weighted by Gasteiger charge is 2.16. The van der Waals surface area contributed by atoms with Crippen LogP contribution < -0.4 is 10.9 Å². The Morgan fingerprint density at radius 2 is 1.74 bits per heavy atom. The highest BCUT2D eigenvalue weighted by atomic mass is 35.5. The summed E-state index contributed by atoms with van der Waals surface area (Å²) in [5.74, 6) is -0.239. The minimum Gasteiger partial charge on any atom is -0.303 e. The van der Waals surface area contributed by atoms with Crippen molar-refractivity contribution in [3.8, 4) is 0 Å². The molecule has 1 heterocycles. The number of rotatable bonds is 4. The molecule has 5 heteroatoms. The lowest BCUT2D eigenvalue weighted by molar-refractivity contribution is 0.0943. The summed E-state index contributed by atoms with van der Waals surface area (Å²) in [5.41, 5.74) is 7.50. The minimum atomic E-state index is -0.239. The number of nitrogens with one attached hydrogen (secondary N) is 2. The Bertz CT molecular complexity index is 871. The Kier molecular flexibility index (Phi) is 4.65. The lowest BCUT2D eigenvalue weighted by Crippen LogP contribution is -2.35. The SMILES string of the molecule is CC(=Cc1ccccc1)NNC(=O)c1sc2ccccc2c1Cl. The van der Waals surface area contributed by atoms with Gasteiger partial charge < -0.3 is 5.43 Å². The van der Waals surface area contributed by atoms with Crippen molar-refractivity contribution in [1.82, 2.24) is 10.9 Å². The Hall–Kier alpha value is -2.30. The van der Waals surface area contributed by atoms with Crippen molar-refractivity contribution in [1.29, 1.82) is 0 Å². The predicted molar refractivity (Wildman–Crippen MR) is 97.5 cm³/mol. The molecule has 0 radical (unpaired) electrons. The Labute approximate surface area is 143 Å². The second kappa shape index (κ2) is 6.86. The summed E-state index contributed by atoms with van der Waals surface area (Å²) in [6.07, 6.45) is 1.95. The van der Waals surface area contributed by atoms with Crippen molar-refractivity contribution >= 4 is 45.0 Å². The van der Waals surface area contributed by atoms with Gasteiger partial charge in [0.1, 0.15) is 4.88 Å². The fraction of sp³-hybridized carbons (Fsp3) is 0.0556. The van der Waals surface area contributed by atoms with E-state index >= 15 is 0 Å². The number of amides is 1. The zero-order valence-corrected chi connectivity index (χ0v) is 14.0. The summed E-state index contributed by atoms with van der Waals surface area (Å²) in [4.78, 5) is 12.8. The van der Waals surface area contributed by atoms with Gasteiger partial charge in [-0.15, -0.1) is 11.3 Å². The highest BCUT2D eigenvalue weighted by molar-refractivity contribution is 7.21. The van der Waals surface area contributed by atoms with Crippen molar-refractivity contribution in [3.63, 3.8) is 0 Å². The molecule has 0 aliphatic heterocycles. The number of fused-ring (bicyclic) bond motifs is 1. The molecule has 0 aliphatic rings. The molecule has 0 fully saturated rings. The number of hydrazine groups is 1. The summed E-state index contributed by atoms with van der Waals surface area (Å²) >= 11 is 7.69. The highest BCUT2D eigenvalue weighted by Crippen LogP contribution is 2.34. The second-order valence-electron chi connectivity index (χ2n) is 5.06. The van der Waals surface area contributed by atoms with Crippen LogP contribution >= 0.6 is 22.9 Å². The molecule has 1 aromatic heterocycles. The summed E-state index contributed by atoms with van der Waals surface area (Å²) in [7, 11) is 0. The van der Waals surface area contributed by atoms with Gasteiger partial charge in [0, 0.05) is 15.8 Å². The van der Waals surface area contributed by atoms with E-state index in [9.17, 15) is 4.79 Å². The zero-order valence-electron chi connectivity index (χ0n) is 12.5. The predicted octanol–water partition coefficient (Wildman–Crippen LogP) is 4.85. The number of benzene rings is 2. The molecule has 3 rings (SSSR count). The van der Waals surface area contributed by atoms with E-state index in [0.717, 1.165) is 21.3 Å². The van der Waals surface area contributed by atoms with Crippen molar-refractivity contribution in [2.75, 3.05) is 0 Å². The Morgan fingerprint density at radius 3 is 2.48 bits per heavy atom. The molecule has 116 valence electrons. The van der Waals surface area contributed by atoms with E-state index in [1.165, 1.54) is 11.3 Å². The fourth-order valence-electron chi connectivity index (χ4n) is 2.21. The van der Waals surface area contributed by atoms with E-state index in [-0.39, 0.29) is 5.91 Å². The molecule has 3 nitrogen and oxygen atoms in total. The molecule has 2 N–H and O–H groups in total. The van der Waals surface area contributed by atoms with Crippen LogP contribution in [0.5, 0.6) is 0 Å². The molecule has 0 saturated heterocycles. The molecular formula is C18H15ClN2OS. The number of thiophene rings is 1. The van der Waals surface area contributed by atoms with E-state index in [0.29, 0.717) is 9.90 Å². The monoisotopic (exact) mass is 342 g/mol. The third-order valence-electron chi connectivity index (χ3n) is 3.30. The number of carbonyl (C=O) groups is 1. The maximum absolute atomic E-state index is 12.3. The van der Waals surface area contributed by atoms with Gasteiger partial charge >= 0.3 is 0 Å². The Morgan fingerprint density at radius 1 is 1.04 bits per heavy atom. The van der Waals surface area contributed by atoms with Crippen LogP contribution in [0.15, 0.2) is 60.3 Å². The maximum Gasteiger partial charge on any atom is 0.281 e. The number of hydrogen-bond donors (Lipinski definition) is 2. The van der Waals surface area contributed by atoms with Gasteiger partial charge in [0.15, 0.2) is 0 Å². The smallest absolute Gasteiger partial charge is 0.281 e. The van der Waals surface area contributed by atoms with E-state index in [2.05, 4.69) is 10.9 Å². The quantitative estimate of drug-likeness (QED) is 0.665. The zero-order chi connectivity index (χ0) is 16.2. The third kappa shape index (κ3) is 3.55. The molecule has 23 heavy (non-hydrogen) atoms. The molecule has 2 aromatic carbocycles. The summed E-state index contributed by atoms with van der Waals surface area (Å²) in [5, 5.41) is 1.40. The molecule has 1 amide bonds. The van der Waals surface area contributed by atoms with E-state index in [1.807, 2.05) is 67.6 Å². The average Bonchev–Trinajstić information content (AvgIpc) is 2.91. The number of halogens is 1. The number of carbonyl (C=O) groups excluding carboxylic acids is 1. The molecule has 3 aromatic rings. The van der Waals surface area contributed by atoms with Crippen molar-refractivity contribution < 1.29 is 4.79 Å². The van der Waals surface area contributed by atoms with E-state index in [1.54, 1.807) is 0 Å². The van der Waals surface area contributed by atoms with E-state index < -0.39 is 0 Å². The second-order valence-corrected chi connectivity index (χ2v) is 6.49. The molecule has 0 spiro atoms. The number of allylic oxidation sites excluding steroid dienone is 1. The molecular weight excluding hydrogens is 328 g/mol. The van der Waals surface area contributed by atoms with Crippen LogP contribution in [0.3, 0.4) is 0 Å². The van der Waals surface area contributed by atoms with Crippen LogP contribution in [0.1, 0.15) is 22.2 Å². The molecule has 0 unspecified atom stereocenters. The topological polar surface area (TPSA) is 41.1 Å². The molecule has 0 saturated carbocycles. The number of hydrogen-bond acceptors (Lipinski definition) is 3. The van der Waals surface area contributed by atoms with Crippen LogP contribution in [0, 0.1) is 0 Å². The van der Waals surface area contributed by atoms with Gasteiger partial charge in [-0.1, -0.05) is 60.1 Å². The third-order valence-corrected chi connectivity index (χ3v) is 4.97. The van der Waals surface area contributed by atoms with Crippen LogP contribution in [0.25, 0.3) is 16.2 Å². The Balaban J connectivity index is 1.71. The van der Waals surface area contributed by atoms with Gasteiger partial charge in [-0.05, 0) is 24.6 Å². The van der Waals surface area contributed by atoms with Gasteiger partial charge in [0.2, 0.25) is 0 Å². The lowest BCUT2D eigenvalue weighted by Gasteiger charge is -2.08. The van der Waals surface area contributed by atoms with Crippen LogP contribution in [0.4, 0.5) is 0 Å². The van der Waals surface area contributed by atoms with E-state index in [4.69, 9.17) is 11.6 Å². The summed E-state index contributed by atoms with van der Waals surface area (Å²) < 4.78 is 0.999. The first-order valence-electron chi connectivity index (χ1n) is 7.12. The fourth-order valence-corrected chi connectivity index (χ4v) is 3.62. The van der Waals surface area contributed by atoms with Crippen LogP contribution in [0.2, 0.25) is 5.02 Å². The first-order chi connectivity index (χ1) is 11.1. The standard InChI is InChI=1S/C18H15ClN2OS/c1-12(11-13-7-3-2-4-8-13)20-21-18(22)17-16(19)14-9-5-6-10-15(14)23-17/h2-11,20H,1H3,(H,21,22). The molecule has 0 atom stereocenters. The first kappa shape index (κ1) is 15.6. The van der Waals surface area contributed by atoms with Gasteiger partial charge in [-0.2, -0.15) is 0 Å².